The van der Waals surface area contributed by atoms with Crippen LogP contribution in [-0.4, -0.2) is 40.5 Å². The molecule has 82 valence electrons. The van der Waals surface area contributed by atoms with Gasteiger partial charge < -0.3 is 9.80 Å². The average molecular weight is 198 g/mol. The lowest BCUT2D eigenvalue weighted by molar-refractivity contribution is 0.0743. The second-order valence-corrected chi connectivity index (χ2v) is 5.25. The maximum absolute atomic E-state index is 12.1. The lowest BCUT2D eigenvalue weighted by Crippen LogP contribution is -2.57. The largest absolute Gasteiger partial charge is 0.322 e. The molecule has 0 aliphatic carbocycles. The number of hydrogen-bond acceptors (Lipinski definition) is 1. The van der Waals surface area contributed by atoms with Gasteiger partial charge in [0.2, 0.25) is 0 Å². The van der Waals surface area contributed by atoms with E-state index >= 15 is 0 Å². The Morgan fingerprint density at radius 2 is 1.79 bits per heavy atom. The van der Waals surface area contributed by atoms with Gasteiger partial charge in [-0.15, -0.1) is 0 Å². The molecular formula is C11H22N2O. The van der Waals surface area contributed by atoms with E-state index in [2.05, 4.69) is 34.6 Å². The lowest BCUT2D eigenvalue weighted by atomic mass is 10.0. The Balaban J connectivity index is 2.77. The Hall–Kier alpha value is -0.730. The van der Waals surface area contributed by atoms with E-state index in [1.165, 1.54) is 0 Å². The van der Waals surface area contributed by atoms with E-state index in [0.717, 1.165) is 19.5 Å². The van der Waals surface area contributed by atoms with Crippen LogP contribution in [0.3, 0.4) is 0 Å². The first kappa shape index (κ1) is 11.3. The van der Waals surface area contributed by atoms with Crippen LogP contribution in [0.1, 0.15) is 41.0 Å². The molecule has 1 aliphatic rings. The summed E-state index contributed by atoms with van der Waals surface area (Å²) in [5.41, 5.74) is -0.0509. The standard InChI is InChI=1S/C11H22N2O/c1-9(2)12-7-6-8-13(10(12)14)11(3,4)5/h9H,6-8H2,1-5H3. The Bertz CT molecular complexity index is 218. The zero-order chi connectivity index (χ0) is 10.9. The molecule has 3 heteroatoms. The van der Waals surface area contributed by atoms with E-state index in [4.69, 9.17) is 0 Å². The van der Waals surface area contributed by atoms with Gasteiger partial charge in [0.1, 0.15) is 0 Å². The minimum Gasteiger partial charge on any atom is -0.322 e. The van der Waals surface area contributed by atoms with Crippen LogP contribution in [0.15, 0.2) is 0 Å². The van der Waals surface area contributed by atoms with Crippen LogP contribution in [0.25, 0.3) is 0 Å². The number of nitrogens with zero attached hydrogens (tertiary/aromatic N) is 2. The summed E-state index contributed by atoms with van der Waals surface area (Å²) in [5.74, 6) is 0. The number of rotatable bonds is 1. The minimum absolute atomic E-state index is 0.0509. The molecule has 1 saturated heterocycles. The molecule has 0 aromatic carbocycles. The van der Waals surface area contributed by atoms with Crippen molar-refractivity contribution in [3.63, 3.8) is 0 Å². The molecule has 0 N–H and O–H groups in total. The van der Waals surface area contributed by atoms with Crippen molar-refractivity contribution in [1.82, 2.24) is 9.80 Å². The topological polar surface area (TPSA) is 23.6 Å². The summed E-state index contributed by atoms with van der Waals surface area (Å²) in [6.07, 6.45) is 1.08. The van der Waals surface area contributed by atoms with Crippen molar-refractivity contribution in [3.8, 4) is 0 Å². The molecule has 0 aromatic heterocycles. The van der Waals surface area contributed by atoms with Gasteiger partial charge in [0, 0.05) is 24.7 Å². The molecule has 1 aliphatic heterocycles. The second-order valence-electron chi connectivity index (χ2n) is 5.25. The van der Waals surface area contributed by atoms with Crippen molar-refractivity contribution in [1.29, 1.82) is 0 Å². The highest BCUT2D eigenvalue weighted by Gasteiger charge is 2.33. The molecule has 1 rings (SSSR count). The fourth-order valence-electron chi connectivity index (χ4n) is 1.85. The molecule has 14 heavy (non-hydrogen) atoms. The predicted molar refractivity (Wildman–Crippen MR) is 58.3 cm³/mol. The number of amides is 2. The van der Waals surface area contributed by atoms with Gasteiger partial charge in [0.05, 0.1) is 0 Å². The molecule has 0 radical (unpaired) electrons. The van der Waals surface area contributed by atoms with Crippen molar-refractivity contribution in [3.05, 3.63) is 0 Å². The van der Waals surface area contributed by atoms with E-state index in [1.54, 1.807) is 0 Å². The van der Waals surface area contributed by atoms with Crippen molar-refractivity contribution >= 4 is 6.03 Å². The van der Waals surface area contributed by atoms with Gasteiger partial charge >= 0.3 is 6.03 Å². The molecule has 1 fully saturated rings. The van der Waals surface area contributed by atoms with Crippen LogP contribution >= 0.6 is 0 Å². The van der Waals surface area contributed by atoms with Crippen LogP contribution in [-0.2, 0) is 0 Å². The smallest absolute Gasteiger partial charge is 0.320 e. The van der Waals surface area contributed by atoms with Crippen molar-refractivity contribution in [2.24, 2.45) is 0 Å². The third-order valence-corrected chi connectivity index (χ3v) is 2.69. The van der Waals surface area contributed by atoms with Crippen molar-refractivity contribution < 1.29 is 4.79 Å². The molecule has 0 aromatic rings. The molecule has 0 unspecified atom stereocenters. The molecule has 2 amide bonds. The number of carbonyl (C=O) groups excluding carboxylic acids is 1. The fourth-order valence-corrected chi connectivity index (χ4v) is 1.85. The first-order valence-electron chi connectivity index (χ1n) is 5.42. The summed E-state index contributed by atoms with van der Waals surface area (Å²) in [4.78, 5) is 16.0. The van der Waals surface area contributed by atoms with Crippen LogP contribution in [0.5, 0.6) is 0 Å². The third-order valence-electron chi connectivity index (χ3n) is 2.69. The zero-order valence-electron chi connectivity index (χ0n) is 10.0. The van der Waals surface area contributed by atoms with Crippen LogP contribution in [0.2, 0.25) is 0 Å². The summed E-state index contributed by atoms with van der Waals surface area (Å²) >= 11 is 0. The molecule has 0 atom stereocenters. The van der Waals surface area contributed by atoms with E-state index in [1.807, 2.05) is 9.80 Å². The van der Waals surface area contributed by atoms with Gasteiger partial charge in [-0.3, -0.25) is 0 Å². The Morgan fingerprint density at radius 1 is 1.21 bits per heavy atom. The third kappa shape index (κ3) is 2.20. The first-order chi connectivity index (χ1) is 6.34. The SMILES string of the molecule is CC(C)N1CCCN(C(C)(C)C)C1=O. The van der Waals surface area contributed by atoms with Crippen LogP contribution < -0.4 is 0 Å². The van der Waals surface area contributed by atoms with E-state index in [9.17, 15) is 4.79 Å². The number of urea groups is 1. The Morgan fingerprint density at radius 3 is 2.21 bits per heavy atom. The highest BCUT2D eigenvalue weighted by molar-refractivity contribution is 5.76. The Kier molecular flexibility index (Phi) is 3.07. The van der Waals surface area contributed by atoms with Gasteiger partial charge in [-0.1, -0.05) is 0 Å². The summed E-state index contributed by atoms with van der Waals surface area (Å²) in [6.45, 7) is 12.2. The summed E-state index contributed by atoms with van der Waals surface area (Å²) < 4.78 is 0. The van der Waals surface area contributed by atoms with E-state index < -0.39 is 0 Å². The monoisotopic (exact) mass is 198 g/mol. The first-order valence-corrected chi connectivity index (χ1v) is 5.42. The van der Waals surface area contributed by atoms with Gasteiger partial charge in [-0.05, 0) is 41.0 Å². The summed E-state index contributed by atoms with van der Waals surface area (Å²) in [6, 6.07) is 0.506. The Labute approximate surface area is 87.1 Å². The highest BCUT2D eigenvalue weighted by Crippen LogP contribution is 2.21. The fraction of sp³-hybridized carbons (Fsp3) is 0.909. The van der Waals surface area contributed by atoms with Crippen LogP contribution in [0.4, 0.5) is 4.79 Å². The molecule has 3 nitrogen and oxygen atoms in total. The average Bonchev–Trinajstić information content (AvgIpc) is 2.01. The molecule has 0 bridgehead atoms. The zero-order valence-corrected chi connectivity index (χ0v) is 10.0. The number of carbonyl (C=O) groups is 1. The van der Waals surface area contributed by atoms with Gasteiger partial charge in [0.25, 0.3) is 0 Å². The van der Waals surface area contributed by atoms with Crippen molar-refractivity contribution in [2.45, 2.75) is 52.6 Å². The van der Waals surface area contributed by atoms with Gasteiger partial charge in [-0.25, -0.2) is 4.79 Å². The molecule has 0 saturated carbocycles. The van der Waals surface area contributed by atoms with Crippen LogP contribution in [0, 0.1) is 0 Å². The maximum atomic E-state index is 12.1. The van der Waals surface area contributed by atoms with E-state index in [0.29, 0.717) is 6.04 Å². The maximum Gasteiger partial charge on any atom is 0.320 e. The minimum atomic E-state index is -0.0509. The predicted octanol–water partition coefficient (Wildman–Crippen LogP) is 2.32. The second kappa shape index (κ2) is 3.79. The summed E-state index contributed by atoms with van der Waals surface area (Å²) in [5, 5.41) is 0. The quantitative estimate of drug-likeness (QED) is 0.634. The molecule has 1 heterocycles. The lowest BCUT2D eigenvalue weighted by Gasteiger charge is -2.44. The van der Waals surface area contributed by atoms with Gasteiger partial charge in [0.15, 0.2) is 0 Å². The summed E-state index contributed by atoms with van der Waals surface area (Å²) in [7, 11) is 0. The van der Waals surface area contributed by atoms with Crippen molar-refractivity contribution in [2.75, 3.05) is 13.1 Å². The molecule has 0 spiro atoms. The molecular weight excluding hydrogens is 176 g/mol. The van der Waals surface area contributed by atoms with Gasteiger partial charge in [-0.2, -0.15) is 0 Å². The van der Waals surface area contributed by atoms with E-state index in [-0.39, 0.29) is 11.6 Å². The number of hydrogen-bond donors (Lipinski definition) is 0. The normalized spacial score (nSPS) is 19.4. The highest BCUT2D eigenvalue weighted by atomic mass is 16.2.